The van der Waals surface area contributed by atoms with Gasteiger partial charge in [0.1, 0.15) is 13.2 Å². The largest absolute Gasteiger partial charge is 0.460 e. The first-order chi connectivity index (χ1) is 23.7. The second-order valence-electron chi connectivity index (χ2n) is 10.7. The van der Waals surface area contributed by atoms with Gasteiger partial charge in [0.15, 0.2) is 0 Å². The van der Waals surface area contributed by atoms with Crippen LogP contribution in [0.1, 0.15) is 20.3 Å². The van der Waals surface area contributed by atoms with Gasteiger partial charge in [-0.05, 0) is 45.1 Å². The van der Waals surface area contributed by atoms with Crippen LogP contribution >= 0.6 is 22.7 Å². The molecule has 1 radical (unpaired) electrons. The molecule has 4 aromatic heterocycles. The number of esters is 1. The third-order valence-corrected chi connectivity index (χ3v) is 8.65. The molecule has 6 aromatic rings. The van der Waals surface area contributed by atoms with E-state index in [0.29, 0.717) is 0 Å². The minimum absolute atomic E-state index is 0. The van der Waals surface area contributed by atoms with E-state index in [1.165, 1.54) is 34.0 Å². The molecule has 2 aromatic carbocycles. The van der Waals surface area contributed by atoms with E-state index in [-0.39, 0.29) is 51.9 Å². The average Bonchev–Trinajstić information content (AvgIpc) is 3.75. The zero-order valence-corrected chi connectivity index (χ0v) is 31.5. The van der Waals surface area contributed by atoms with Gasteiger partial charge in [0.25, 0.3) is 0 Å². The SMILES string of the molecule is C=C(C)C(=O)OCCNC(=O)OCC(O)CC(C)O.[Ir].[c-]1c(-c2ccccn2)sc2ccccc12.[c-]1c(-c2ccccn2)sc2ccccc12. The molecular weight excluding hydrogens is 851 g/mol. The first-order valence-corrected chi connectivity index (χ1v) is 17.1. The van der Waals surface area contributed by atoms with Crippen LogP contribution in [0.3, 0.4) is 0 Å². The predicted molar refractivity (Wildman–Crippen MR) is 195 cm³/mol. The van der Waals surface area contributed by atoms with Gasteiger partial charge >= 0.3 is 12.1 Å². The number of nitrogens with zero attached hydrogens (tertiary/aromatic N) is 2. The number of hydrogen-bond donors (Lipinski definition) is 3. The molecule has 3 N–H and O–H groups in total. The maximum Gasteiger partial charge on any atom is 0.407 e. The fourth-order valence-electron chi connectivity index (χ4n) is 4.16. The number of thiophene rings is 2. The van der Waals surface area contributed by atoms with Gasteiger partial charge in [0.05, 0.1) is 18.8 Å². The Bertz CT molecular complexity index is 1760. The first kappa shape index (κ1) is 40.1. The summed E-state index contributed by atoms with van der Waals surface area (Å²) in [5.41, 5.74) is 2.28. The molecule has 0 spiro atoms. The Hall–Kier alpha value is -4.29. The quantitative estimate of drug-likeness (QED) is 0.0559. The molecule has 2 unspecified atom stereocenters. The molecule has 0 saturated heterocycles. The van der Waals surface area contributed by atoms with Crippen LogP contribution in [0.5, 0.6) is 0 Å². The van der Waals surface area contributed by atoms with Gasteiger partial charge in [-0.3, -0.25) is 0 Å². The minimum atomic E-state index is -0.910. The van der Waals surface area contributed by atoms with Crippen LogP contribution in [-0.4, -0.2) is 64.2 Å². The minimum Gasteiger partial charge on any atom is -0.460 e. The van der Waals surface area contributed by atoms with Gasteiger partial charge in [0.2, 0.25) is 0 Å². The van der Waals surface area contributed by atoms with E-state index in [4.69, 9.17) is 9.84 Å². The molecule has 0 saturated carbocycles. The van der Waals surface area contributed by atoms with Gasteiger partial charge in [-0.2, -0.15) is 0 Å². The van der Waals surface area contributed by atoms with E-state index in [0.717, 1.165) is 21.1 Å². The van der Waals surface area contributed by atoms with Crippen LogP contribution in [0.4, 0.5) is 4.79 Å². The second-order valence-corrected chi connectivity index (χ2v) is 12.8. The number of fused-ring (bicyclic) bond motifs is 2. The molecular formula is C38H37IrN3O6S2-2. The van der Waals surface area contributed by atoms with Crippen LogP contribution in [-0.2, 0) is 34.4 Å². The molecule has 1 amide bonds. The maximum atomic E-state index is 11.1. The van der Waals surface area contributed by atoms with Crippen molar-refractivity contribution in [1.29, 1.82) is 0 Å². The van der Waals surface area contributed by atoms with E-state index in [1.54, 1.807) is 22.7 Å². The van der Waals surface area contributed by atoms with Crippen LogP contribution in [0.15, 0.2) is 109 Å². The number of hydrogen-bond acceptors (Lipinski definition) is 10. The third kappa shape index (κ3) is 13.2. The number of carbonyl (C=O) groups excluding carboxylic acids is 2. The molecule has 6 rings (SSSR count). The molecule has 0 aliphatic heterocycles. The number of amides is 1. The van der Waals surface area contributed by atoms with Gasteiger partial charge in [-0.1, -0.05) is 55.1 Å². The molecule has 0 fully saturated rings. The second kappa shape index (κ2) is 21.0. The number of aliphatic hydroxyl groups excluding tert-OH is 2. The number of aromatic nitrogens is 2. The van der Waals surface area contributed by atoms with Crippen LogP contribution in [0.25, 0.3) is 41.3 Å². The molecule has 2 atom stereocenters. The summed E-state index contributed by atoms with van der Waals surface area (Å²) in [7, 11) is 0. The molecule has 0 bridgehead atoms. The molecule has 12 heteroatoms. The van der Waals surface area contributed by atoms with E-state index < -0.39 is 24.3 Å². The van der Waals surface area contributed by atoms with Crippen molar-refractivity contribution >= 4 is 54.9 Å². The summed E-state index contributed by atoms with van der Waals surface area (Å²) in [6, 6.07) is 35.2. The Kier molecular flexibility index (Phi) is 16.9. The van der Waals surface area contributed by atoms with E-state index in [2.05, 4.69) is 75.1 Å². The molecule has 0 aliphatic rings. The van der Waals surface area contributed by atoms with Crippen molar-refractivity contribution in [2.45, 2.75) is 32.5 Å². The van der Waals surface area contributed by atoms with E-state index in [1.807, 2.05) is 60.9 Å². The number of alkyl carbamates (subject to hydrolysis) is 1. The van der Waals surface area contributed by atoms with Crippen molar-refractivity contribution in [3.8, 4) is 21.1 Å². The number of pyridine rings is 2. The molecule has 263 valence electrons. The van der Waals surface area contributed by atoms with Gasteiger partial charge in [-0.15, -0.1) is 47.2 Å². The topological polar surface area (TPSA) is 131 Å². The zero-order valence-electron chi connectivity index (χ0n) is 27.5. The van der Waals surface area contributed by atoms with Crippen molar-refractivity contribution in [1.82, 2.24) is 15.3 Å². The smallest absolute Gasteiger partial charge is 0.407 e. The fraction of sp³-hybridized carbons (Fsp3) is 0.211. The monoisotopic (exact) mass is 888 g/mol. The fourth-order valence-corrected chi connectivity index (χ4v) is 6.13. The molecule has 50 heavy (non-hydrogen) atoms. The van der Waals surface area contributed by atoms with Crippen molar-refractivity contribution in [2.75, 3.05) is 19.8 Å². The summed E-state index contributed by atoms with van der Waals surface area (Å²) in [4.78, 5) is 33.0. The Morgan fingerprint density at radius 1 is 0.820 bits per heavy atom. The number of aliphatic hydroxyl groups is 2. The van der Waals surface area contributed by atoms with Crippen LogP contribution < -0.4 is 5.32 Å². The third-order valence-electron chi connectivity index (χ3n) is 6.46. The maximum absolute atomic E-state index is 11.1. The summed E-state index contributed by atoms with van der Waals surface area (Å²) < 4.78 is 12.0. The zero-order chi connectivity index (χ0) is 35.0. The van der Waals surface area contributed by atoms with Gasteiger partial charge in [0, 0.05) is 55.9 Å². The Balaban J connectivity index is 0.000000202. The number of nitrogens with one attached hydrogen (secondary N) is 1. The summed E-state index contributed by atoms with van der Waals surface area (Å²) in [6.07, 6.45) is 1.45. The Morgan fingerprint density at radius 2 is 1.32 bits per heavy atom. The van der Waals surface area contributed by atoms with Crippen molar-refractivity contribution in [3.63, 3.8) is 0 Å². The van der Waals surface area contributed by atoms with Gasteiger partial charge < -0.3 is 35.0 Å². The predicted octanol–water partition coefficient (Wildman–Crippen LogP) is 7.49. The van der Waals surface area contributed by atoms with E-state index >= 15 is 0 Å². The summed E-state index contributed by atoms with van der Waals surface area (Å²) in [5.74, 6) is -0.525. The van der Waals surface area contributed by atoms with Crippen LogP contribution in [0.2, 0.25) is 0 Å². The van der Waals surface area contributed by atoms with Gasteiger partial charge in [-0.25, -0.2) is 32.3 Å². The van der Waals surface area contributed by atoms with Crippen molar-refractivity contribution < 1.29 is 49.4 Å². The Morgan fingerprint density at radius 3 is 1.76 bits per heavy atom. The number of ether oxygens (including phenoxy) is 2. The number of rotatable bonds is 10. The van der Waals surface area contributed by atoms with Crippen LogP contribution in [0, 0.1) is 12.1 Å². The normalized spacial score (nSPS) is 11.4. The first-order valence-electron chi connectivity index (χ1n) is 15.4. The summed E-state index contributed by atoms with van der Waals surface area (Å²) in [6.45, 7) is 6.36. The average molecular weight is 888 g/mol. The van der Waals surface area contributed by atoms with Crippen molar-refractivity contribution in [3.05, 3.63) is 122 Å². The van der Waals surface area contributed by atoms with E-state index in [9.17, 15) is 14.7 Å². The number of carbonyl (C=O) groups is 2. The molecule has 9 nitrogen and oxygen atoms in total. The molecule has 0 aliphatic carbocycles. The Labute approximate surface area is 313 Å². The summed E-state index contributed by atoms with van der Waals surface area (Å²) >= 11 is 3.46. The van der Waals surface area contributed by atoms with Crippen molar-refractivity contribution in [2.24, 2.45) is 0 Å². The number of benzene rings is 2. The molecule has 4 heterocycles. The standard InChI is InChI=1S/2C13H8NS.C12H21NO6.Ir/c2*1-2-7-12-10(5-1)9-13(15-12)11-6-3-4-8-14-11;1-8(2)11(16)18-5-4-13-12(17)19-7-10(15)6-9(3)14;/h2*1-8H;9-10,14-15H,1,4-7H2,2-3H3,(H,13,17);/q2*-1;;. The summed E-state index contributed by atoms with van der Waals surface area (Å²) in [5, 5.41) is 23.0.